The van der Waals surface area contributed by atoms with Crippen LogP contribution in [0.25, 0.3) is 16.9 Å². The lowest BCUT2D eigenvalue weighted by molar-refractivity contribution is 0.0966. The van der Waals surface area contributed by atoms with Gasteiger partial charge in [0.05, 0.1) is 41.1 Å². The van der Waals surface area contributed by atoms with Crippen molar-refractivity contribution in [2.24, 2.45) is 0 Å². The van der Waals surface area contributed by atoms with Crippen molar-refractivity contribution >= 4 is 28.7 Å². The first-order valence-electron chi connectivity index (χ1n) is 12.6. The van der Waals surface area contributed by atoms with E-state index in [4.69, 9.17) is 0 Å². The Morgan fingerprint density at radius 2 is 1.95 bits per heavy atom. The van der Waals surface area contributed by atoms with Gasteiger partial charge >= 0.3 is 0 Å². The highest BCUT2D eigenvalue weighted by atomic mass is 19.1. The van der Waals surface area contributed by atoms with Crippen LogP contribution in [0.5, 0.6) is 0 Å². The first-order chi connectivity index (χ1) is 18.3. The molecule has 6 rings (SSSR count). The highest BCUT2D eigenvalue weighted by molar-refractivity contribution is 6.06. The van der Waals surface area contributed by atoms with E-state index in [1.54, 1.807) is 18.6 Å². The second-order valence-electron chi connectivity index (χ2n) is 10.0. The van der Waals surface area contributed by atoms with Crippen molar-refractivity contribution in [2.45, 2.75) is 25.5 Å². The van der Waals surface area contributed by atoms with E-state index in [1.165, 1.54) is 12.1 Å². The minimum Gasteiger partial charge on any atom is -0.391 e. The summed E-state index contributed by atoms with van der Waals surface area (Å²) in [5.41, 5.74) is 5.23. The Balaban J connectivity index is 0.000000689. The number of nitrogens with zero attached hydrogens (tertiary/aromatic N) is 5. The highest BCUT2D eigenvalue weighted by Gasteiger charge is 2.27. The number of aliphatic hydroxyl groups excluding tert-OH is 1. The van der Waals surface area contributed by atoms with Gasteiger partial charge in [-0.1, -0.05) is 6.07 Å². The number of amides is 1. The number of nitrogens with one attached hydrogen (secondary N) is 2. The molecule has 0 bridgehead atoms. The number of halogens is 1. The Morgan fingerprint density at radius 3 is 2.68 bits per heavy atom. The number of imidazole rings is 1. The number of pyridine rings is 2. The van der Waals surface area contributed by atoms with Gasteiger partial charge in [-0.3, -0.25) is 9.20 Å². The van der Waals surface area contributed by atoms with Gasteiger partial charge in [-0.15, -0.1) is 0 Å². The zero-order valence-electron chi connectivity index (χ0n) is 21.8. The number of aromatic nitrogens is 3. The molecule has 38 heavy (non-hydrogen) atoms. The van der Waals surface area contributed by atoms with E-state index >= 15 is 0 Å². The molecule has 0 radical (unpaired) electrons. The number of β-amino-alcohol motifs (C(OH)–C–C–N with tert-alkyl or cyclic N) is 1. The van der Waals surface area contributed by atoms with E-state index in [2.05, 4.69) is 25.5 Å². The van der Waals surface area contributed by atoms with Crippen LogP contribution in [-0.2, 0) is 6.54 Å². The van der Waals surface area contributed by atoms with Crippen LogP contribution < -0.4 is 15.5 Å². The van der Waals surface area contributed by atoms with Gasteiger partial charge in [0.2, 0.25) is 0 Å². The van der Waals surface area contributed by atoms with Crippen molar-refractivity contribution in [3.8, 4) is 11.3 Å². The van der Waals surface area contributed by atoms with Gasteiger partial charge in [0, 0.05) is 37.5 Å². The standard InChI is InChI=1S/C25H23FN6O2.C3H9N/c26-15-7-9-32-21(13-28-23(32)10-15)18-4-5-20(24-19(18)12-29-25(24)34)30-22-6-3-16(11-27-22)31-8-1-2-17(33)14-31;1-4(2)3/h3-7,9-11,13,17,33H,1-2,8,12,14H2,(H,27,30)(H,29,34);1-3H3. The molecule has 198 valence electrons. The van der Waals surface area contributed by atoms with Gasteiger partial charge in [0.1, 0.15) is 17.3 Å². The van der Waals surface area contributed by atoms with Crippen molar-refractivity contribution in [1.29, 1.82) is 0 Å². The van der Waals surface area contributed by atoms with E-state index in [9.17, 15) is 14.3 Å². The van der Waals surface area contributed by atoms with Gasteiger partial charge < -0.3 is 25.5 Å². The summed E-state index contributed by atoms with van der Waals surface area (Å²) in [6.45, 7) is 1.91. The van der Waals surface area contributed by atoms with Crippen LogP contribution in [0.4, 0.5) is 21.6 Å². The molecule has 2 aliphatic rings. The Kier molecular flexibility index (Phi) is 7.26. The van der Waals surface area contributed by atoms with Gasteiger partial charge in [0.15, 0.2) is 0 Å². The van der Waals surface area contributed by atoms with Gasteiger partial charge in [-0.25, -0.2) is 14.4 Å². The molecule has 3 N–H and O–H groups in total. The third-order valence-electron chi connectivity index (χ3n) is 6.49. The fourth-order valence-electron chi connectivity index (χ4n) is 4.82. The quantitative estimate of drug-likeness (QED) is 0.380. The van der Waals surface area contributed by atoms with Crippen LogP contribution in [-0.4, -0.2) is 70.6 Å². The fraction of sp³-hybridized carbons (Fsp3) is 0.321. The molecule has 0 aliphatic carbocycles. The summed E-state index contributed by atoms with van der Waals surface area (Å²) < 4.78 is 15.4. The molecule has 1 unspecified atom stereocenters. The predicted octanol–water partition coefficient (Wildman–Crippen LogP) is 3.66. The smallest absolute Gasteiger partial charge is 0.254 e. The number of aliphatic hydroxyl groups is 1. The number of anilines is 3. The van der Waals surface area contributed by atoms with Crippen LogP contribution in [0.2, 0.25) is 0 Å². The Morgan fingerprint density at radius 1 is 1.13 bits per heavy atom. The molecular weight excluding hydrogens is 485 g/mol. The first-order valence-corrected chi connectivity index (χ1v) is 12.6. The molecule has 9 nitrogen and oxygen atoms in total. The maximum Gasteiger partial charge on any atom is 0.254 e. The van der Waals surface area contributed by atoms with E-state index in [0.717, 1.165) is 41.9 Å². The molecule has 4 aromatic rings. The molecular formula is C28H32FN7O2. The lowest BCUT2D eigenvalue weighted by Crippen LogP contribution is -2.38. The second-order valence-corrected chi connectivity index (χ2v) is 10.0. The molecule has 0 spiro atoms. The number of hydrogen-bond donors (Lipinski definition) is 3. The predicted molar refractivity (Wildman–Crippen MR) is 146 cm³/mol. The van der Waals surface area contributed by atoms with E-state index in [0.29, 0.717) is 35.8 Å². The molecule has 1 saturated heterocycles. The minimum atomic E-state index is -0.346. The number of rotatable bonds is 4. The van der Waals surface area contributed by atoms with Crippen LogP contribution in [0.3, 0.4) is 0 Å². The van der Waals surface area contributed by atoms with Crippen LogP contribution >= 0.6 is 0 Å². The molecule has 0 saturated carbocycles. The van der Waals surface area contributed by atoms with Crippen molar-refractivity contribution in [1.82, 2.24) is 24.6 Å². The summed E-state index contributed by atoms with van der Waals surface area (Å²) in [5.74, 6) is 0.126. The molecule has 1 amide bonds. The summed E-state index contributed by atoms with van der Waals surface area (Å²) in [7, 11) is 6.00. The third kappa shape index (κ3) is 5.32. The lowest BCUT2D eigenvalue weighted by atomic mass is 9.99. The van der Waals surface area contributed by atoms with Crippen LogP contribution in [0.1, 0.15) is 28.8 Å². The largest absolute Gasteiger partial charge is 0.391 e. The number of carbonyl (C=O) groups is 1. The zero-order valence-corrected chi connectivity index (χ0v) is 21.8. The maximum atomic E-state index is 13.6. The van der Waals surface area contributed by atoms with Gasteiger partial charge in [-0.2, -0.15) is 0 Å². The van der Waals surface area contributed by atoms with Crippen LogP contribution in [0, 0.1) is 5.82 Å². The zero-order chi connectivity index (χ0) is 26.8. The average molecular weight is 518 g/mol. The number of hydrogen-bond acceptors (Lipinski definition) is 7. The number of carbonyl (C=O) groups excluding carboxylic acids is 1. The minimum absolute atomic E-state index is 0.155. The third-order valence-corrected chi connectivity index (χ3v) is 6.49. The van der Waals surface area contributed by atoms with E-state index in [1.807, 2.05) is 54.7 Å². The number of benzene rings is 1. The molecule has 1 atom stereocenters. The van der Waals surface area contributed by atoms with Crippen molar-refractivity contribution < 1.29 is 14.3 Å². The number of fused-ring (bicyclic) bond motifs is 2. The Hall–Kier alpha value is -4.02. The molecule has 1 fully saturated rings. The summed E-state index contributed by atoms with van der Waals surface area (Å²) in [5, 5.41) is 16.1. The van der Waals surface area contributed by atoms with Gasteiger partial charge in [-0.05, 0) is 63.8 Å². The summed E-state index contributed by atoms with van der Waals surface area (Å²) in [6.07, 6.45) is 6.60. The number of piperidine rings is 1. The topological polar surface area (TPSA) is 98.0 Å². The van der Waals surface area contributed by atoms with Crippen molar-refractivity contribution in [2.75, 3.05) is 44.4 Å². The summed E-state index contributed by atoms with van der Waals surface area (Å²) >= 11 is 0. The molecule has 2 aliphatic heterocycles. The highest BCUT2D eigenvalue weighted by Crippen LogP contribution is 2.35. The monoisotopic (exact) mass is 517 g/mol. The summed E-state index contributed by atoms with van der Waals surface area (Å²) in [6, 6.07) is 10.4. The lowest BCUT2D eigenvalue weighted by Gasteiger charge is -2.31. The second kappa shape index (κ2) is 10.8. The molecule has 3 aromatic heterocycles. The maximum absolute atomic E-state index is 13.6. The van der Waals surface area contributed by atoms with E-state index < -0.39 is 0 Å². The molecule has 10 heteroatoms. The SMILES string of the molecule is CN(C)C.O=C1NCc2c(-c3cnc4cc(F)ccn34)ccc(Nc3ccc(N4CCCC(O)C4)cn3)c21. The first kappa shape index (κ1) is 25.6. The summed E-state index contributed by atoms with van der Waals surface area (Å²) in [4.78, 5) is 25.7. The fourth-order valence-corrected chi connectivity index (χ4v) is 4.82. The van der Waals surface area contributed by atoms with Crippen molar-refractivity contribution in [3.63, 3.8) is 0 Å². The van der Waals surface area contributed by atoms with Crippen LogP contribution in [0.15, 0.2) is 55.0 Å². The van der Waals surface area contributed by atoms with E-state index in [-0.39, 0.29) is 17.8 Å². The normalized spacial score (nSPS) is 16.7. The van der Waals surface area contributed by atoms with Crippen molar-refractivity contribution in [3.05, 3.63) is 71.9 Å². The molecule has 5 heterocycles. The Bertz CT molecular complexity index is 1450. The molecule has 1 aromatic carbocycles. The van der Waals surface area contributed by atoms with Gasteiger partial charge in [0.25, 0.3) is 5.91 Å². The Labute approximate surface area is 220 Å². The average Bonchev–Trinajstić information content (AvgIpc) is 3.48.